The van der Waals surface area contributed by atoms with Gasteiger partial charge in [-0.05, 0) is 24.3 Å². The highest BCUT2D eigenvalue weighted by atomic mass is 35.5. The highest BCUT2D eigenvalue weighted by molar-refractivity contribution is 7.92. The summed E-state index contributed by atoms with van der Waals surface area (Å²) in [5, 5.41) is 0.0917. The fraction of sp³-hybridized carbons (Fsp3) is 0.0769. The monoisotopic (exact) mass is 315 g/mol. The van der Waals surface area contributed by atoms with Gasteiger partial charge in [-0.3, -0.25) is 4.72 Å². The highest BCUT2D eigenvalue weighted by Gasteiger charge is 2.18. The molecule has 0 spiro atoms. The van der Waals surface area contributed by atoms with Crippen LogP contribution in [0.1, 0.15) is 0 Å². The largest absolute Gasteiger partial charge is 0.494 e. The van der Waals surface area contributed by atoms with E-state index in [0.29, 0.717) is 0 Å². The summed E-state index contributed by atoms with van der Waals surface area (Å²) in [6.07, 6.45) is 0. The van der Waals surface area contributed by atoms with E-state index in [0.717, 1.165) is 6.07 Å². The standard InChI is InChI=1S/C13H11ClFNO3S/c1-19-12-7-6-9(8-11(12)15)16-20(17,18)13-5-3-2-4-10(13)14/h2-8,16H,1H3. The summed E-state index contributed by atoms with van der Waals surface area (Å²) >= 11 is 5.84. The molecule has 0 atom stereocenters. The number of nitrogens with one attached hydrogen (secondary N) is 1. The van der Waals surface area contributed by atoms with Gasteiger partial charge in [0.2, 0.25) is 0 Å². The smallest absolute Gasteiger partial charge is 0.263 e. The Hall–Kier alpha value is -1.79. The van der Waals surface area contributed by atoms with Crippen LogP contribution < -0.4 is 9.46 Å². The maximum atomic E-state index is 13.5. The highest BCUT2D eigenvalue weighted by Crippen LogP contribution is 2.25. The van der Waals surface area contributed by atoms with Crippen LogP contribution in [0.5, 0.6) is 5.75 Å². The van der Waals surface area contributed by atoms with E-state index in [1.165, 1.54) is 31.4 Å². The number of hydrogen-bond donors (Lipinski definition) is 1. The Labute approximate surface area is 121 Å². The molecule has 0 fully saturated rings. The Balaban J connectivity index is 2.34. The Bertz CT molecular complexity index is 734. The molecule has 0 unspecified atom stereocenters. The molecule has 2 rings (SSSR count). The van der Waals surface area contributed by atoms with Gasteiger partial charge in [0.25, 0.3) is 10.0 Å². The fourth-order valence-electron chi connectivity index (χ4n) is 1.60. The zero-order valence-corrected chi connectivity index (χ0v) is 12.0. The normalized spacial score (nSPS) is 11.2. The van der Waals surface area contributed by atoms with E-state index in [-0.39, 0.29) is 21.4 Å². The van der Waals surface area contributed by atoms with Crippen LogP contribution in [0.2, 0.25) is 5.02 Å². The molecule has 0 aliphatic carbocycles. The van der Waals surface area contributed by atoms with Gasteiger partial charge in [0.15, 0.2) is 11.6 Å². The third-order valence-corrected chi connectivity index (χ3v) is 4.41. The van der Waals surface area contributed by atoms with Gasteiger partial charge in [0, 0.05) is 6.07 Å². The van der Waals surface area contributed by atoms with Crippen molar-refractivity contribution < 1.29 is 17.5 Å². The topological polar surface area (TPSA) is 55.4 Å². The lowest BCUT2D eigenvalue weighted by Crippen LogP contribution is -2.13. The zero-order chi connectivity index (χ0) is 14.8. The molecule has 106 valence electrons. The first-order chi connectivity index (χ1) is 9.44. The molecule has 0 aliphatic heterocycles. The quantitative estimate of drug-likeness (QED) is 0.942. The van der Waals surface area contributed by atoms with E-state index in [9.17, 15) is 12.8 Å². The zero-order valence-electron chi connectivity index (χ0n) is 10.4. The molecule has 0 saturated carbocycles. The molecule has 2 aromatic carbocycles. The molecule has 0 amide bonds. The van der Waals surface area contributed by atoms with Crippen LogP contribution in [0.15, 0.2) is 47.4 Å². The lowest BCUT2D eigenvalue weighted by Gasteiger charge is -2.10. The summed E-state index contributed by atoms with van der Waals surface area (Å²) in [4.78, 5) is -0.0714. The predicted molar refractivity (Wildman–Crippen MR) is 75.2 cm³/mol. The van der Waals surface area contributed by atoms with Gasteiger partial charge in [-0.25, -0.2) is 12.8 Å². The Morgan fingerprint density at radius 1 is 1.20 bits per heavy atom. The van der Waals surface area contributed by atoms with Gasteiger partial charge >= 0.3 is 0 Å². The summed E-state index contributed by atoms with van der Waals surface area (Å²) in [7, 11) is -2.54. The third-order valence-electron chi connectivity index (χ3n) is 2.53. The maximum absolute atomic E-state index is 13.5. The molecule has 1 N–H and O–H groups in total. The van der Waals surface area contributed by atoms with Crippen molar-refractivity contribution in [3.8, 4) is 5.75 Å². The fourth-order valence-corrected chi connectivity index (χ4v) is 3.17. The minimum absolute atomic E-state index is 0.0330. The molecule has 0 radical (unpaired) electrons. The van der Waals surface area contributed by atoms with Gasteiger partial charge in [-0.15, -0.1) is 0 Å². The summed E-state index contributed by atoms with van der Waals surface area (Å²) in [5.74, 6) is -0.627. The second-order valence-corrected chi connectivity index (χ2v) is 5.94. The van der Waals surface area contributed by atoms with Crippen LogP contribution in [-0.4, -0.2) is 15.5 Å². The molecule has 0 aliphatic rings. The van der Waals surface area contributed by atoms with E-state index in [2.05, 4.69) is 4.72 Å². The van der Waals surface area contributed by atoms with Crippen molar-refractivity contribution in [2.75, 3.05) is 11.8 Å². The maximum Gasteiger partial charge on any atom is 0.263 e. The minimum Gasteiger partial charge on any atom is -0.494 e. The van der Waals surface area contributed by atoms with Crippen LogP contribution in [0.4, 0.5) is 10.1 Å². The SMILES string of the molecule is COc1ccc(NS(=O)(=O)c2ccccc2Cl)cc1F. The van der Waals surface area contributed by atoms with Gasteiger partial charge < -0.3 is 4.74 Å². The molecule has 4 nitrogen and oxygen atoms in total. The Kier molecular flexibility index (Phi) is 4.15. The number of halogens is 2. The van der Waals surface area contributed by atoms with E-state index in [1.54, 1.807) is 12.1 Å². The molecular formula is C13H11ClFNO3S. The molecule has 0 saturated heterocycles. The first-order valence-electron chi connectivity index (χ1n) is 5.55. The molecule has 7 heteroatoms. The Morgan fingerprint density at radius 2 is 1.90 bits per heavy atom. The molecule has 20 heavy (non-hydrogen) atoms. The van der Waals surface area contributed by atoms with Crippen molar-refractivity contribution in [2.45, 2.75) is 4.90 Å². The lowest BCUT2D eigenvalue weighted by molar-refractivity contribution is 0.386. The first-order valence-corrected chi connectivity index (χ1v) is 7.41. The summed E-state index contributed by atoms with van der Waals surface area (Å²) in [6.45, 7) is 0. The van der Waals surface area contributed by atoms with E-state index >= 15 is 0 Å². The van der Waals surface area contributed by atoms with Gasteiger partial charge in [0.05, 0.1) is 17.8 Å². The lowest BCUT2D eigenvalue weighted by atomic mass is 10.3. The summed E-state index contributed by atoms with van der Waals surface area (Å²) < 4.78 is 44.8. The minimum atomic E-state index is -3.87. The summed E-state index contributed by atoms with van der Waals surface area (Å²) in [5.41, 5.74) is 0.0863. The number of anilines is 1. The van der Waals surface area contributed by atoms with Crippen molar-refractivity contribution in [1.82, 2.24) is 0 Å². The molecular weight excluding hydrogens is 305 g/mol. The predicted octanol–water partition coefficient (Wildman–Crippen LogP) is 3.29. The third kappa shape index (κ3) is 3.02. The number of benzene rings is 2. The van der Waals surface area contributed by atoms with Gasteiger partial charge in [-0.2, -0.15) is 0 Å². The summed E-state index contributed by atoms with van der Waals surface area (Å²) in [6, 6.07) is 9.77. The number of sulfonamides is 1. The van der Waals surface area contributed by atoms with E-state index < -0.39 is 15.8 Å². The van der Waals surface area contributed by atoms with Crippen LogP contribution in [0.25, 0.3) is 0 Å². The van der Waals surface area contributed by atoms with Crippen LogP contribution in [-0.2, 0) is 10.0 Å². The van der Waals surface area contributed by atoms with E-state index in [1.807, 2.05) is 0 Å². The average molecular weight is 316 g/mol. The van der Waals surface area contributed by atoms with E-state index in [4.69, 9.17) is 16.3 Å². The molecule has 0 bridgehead atoms. The van der Waals surface area contributed by atoms with Crippen molar-refractivity contribution in [3.63, 3.8) is 0 Å². The number of hydrogen-bond acceptors (Lipinski definition) is 3. The number of rotatable bonds is 4. The van der Waals surface area contributed by atoms with Crippen LogP contribution >= 0.6 is 11.6 Å². The van der Waals surface area contributed by atoms with Crippen LogP contribution in [0.3, 0.4) is 0 Å². The van der Waals surface area contributed by atoms with Crippen molar-refractivity contribution in [3.05, 3.63) is 53.3 Å². The molecule has 2 aromatic rings. The second-order valence-electron chi connectivity index (χ2n) is 3.89. The Morgan fingerprint density at radius 3 is 2.50 bits per heavy atom. The number of methoxy groups -OCH3 is 1. The van der Waals surface area contributed by atoms with Crippen molar-refractivity contribution in [1.29, 1.82) is 0 Å². The first kappa shape index (κ1) is 14.6. The average Bonchev–Trinajstić information content (AvgIpc) is 2.38. The molecule has 0 aromatic heterocycles. The molecule has 0 heterocycles. The number of ether oxygens (including phenoxy) is 1. The second kappa shape index (κ2) is 5.68. The van der Waals surface area contributed by atoms with Gasteiger partial charge in [0.1, 0.15) is 4.90 Å². The van der Waals surface area contributed by atoms with Gasteiger partial charge in [-0.1, -0.05) is 23.7 Å². The van der Waals surface area contributed by atoms with Crippen molar-refractivity contribution >= 4 is 27.3 Å². The van der Waals surface area contributed by atoms with Crippen LogP contribution in [0, 0.1) is 5.82 Å². The van der Waals surface area contributed by atoms with Crippen molar-refractivity contribution in [2.24, 2.45) is 0 Å².